The van der Waals surface area contributed by atoms with Gasteiger partial charge in [0, 0.05) is 11.7 Å². The van der Waals surface area contributed by atoms with Gasteiger partial charge in [-0.05, 0) is 48.7 Å². The van der Waals surface area contributed by atoms with E-state index in [1.807, 2.05) is 12.1 Å². The van der Waals surface area contributed by atoms with Gasteiger partial charge in [0.25, 0.3) is 11.8 Å². The number of benzene rings is 2. The molecule has 1 saturated carbocycles. The Morgan fingerprint density at radius 1 is 1.03 bits per heavy atom. The fraction of sp³-hybridized carbons (Fsp3) is 0.292. The van der Waals surface area contributed by atoms with E-state index in [1.54, 1.807) is 48.5 Å². The molecule has 1 fully saturated rings. The van der Waals surface area contributed by atoms with Crippen molar-refractivity contribution in [2.75, 3.05) is 11.9 Å². The molecule has 0 aliphatic heterocycles. The molecular weight excluding hydrogens is 378 g/mol. The fourth-order valence-electron chi connectivity index (χ4n) is 3.36. The second-order valence-corrected chi connectivity index (χ2v) is 7.25. The van der Waals surface area contributed by atoms with Crippen LogP contribution in [0.4, 0.5) is 5.69 Å². The van der Waals surface area contributed by atoms with Crippen molar-refractivity contribution in [3.8, 4) is 11.8 Å². The Labute approximate surface area is 176 Å². The Kier molecular flexibility index (Phi) is 7.62. The van der Waals surface area contributed by atoms with Crippen LogP contribution < -0.4 is 15.4 Å². The van der Waals surface area contributed by atoms with Crippen LogP contribution in [0.15, 0.2) is 60.2 Å². The van der Waals surface area contributed by atoms with Crippen LogP contribution in [0.2, 0.25) is 0 Å². The van der Waals surface area contributed by atoms with E-state index in [0.29, 0.717) is 17.0 Å². The minimum Gasteiger partial charge on any atom is -0.484 e. The monoisotopic (exact) mass is 403 g/mol. The maximum atomic E-state index is 12.3. The van der Waals surface area contributed by atoms with E-state index in [-0.39, 0.29) is 24.1 Å². The highest BCUT2D eigenvalue weighted by atomic mass is 16.5. The summed E-state index contributed by atoms with van der Waals surface area (Å²) in [7, 11) is 0. The number of nitriles is 1. The number of nitrogens with zero attached hydrogens (tertiary/aromatic N) is 1. The average Bonchev–Trinajstić information content (AvgIpc) is 2.78. The number of ether oxygens (including phenoxy) is 1. The maximum absolute atomic E-state index is 12.3. The van der Waals surface area contributed by atoms with Gasteiger partial charge >= 0.3 is 0 Å². The Balaban J connectivity index is 1.52. The Bertz CT molecular complexity index is 924. The number of para-hydroxylation sites is 1. The van der Waals surface area contributed by atoms with Crippen molar-refractivity contribution in [3.63, 3.8) is 0 Å². The Hall–Kier alpha value is -3.59. The van der Waals surface area contributed by atoms with Crippen molar-refractivity contribution in [1.82, 2.24) is 5.32 Å². The lowest BCUT2D eigenvalue weighted by Gasteiger charge is -2.22. The van der Waals surface area contributed by atoms with Gasteiger partial charge in [0.2, 0.25) is 0 Å². The molecule has 6 heteroatoms. The van der Waals surface area contributed by atoms with Crippen LogP contribution in [0.3, 0.4) is 0 Å². The molecule has 2 aromatic carbocycles. The molecule has 0 unspecified atom stereocenters. The summed E-state index contributed by atoms with van der Waals surface area (Å²) in [5, 5.41) is 15.0. The van der Waals surface area contributed by atoms with Crippen LogP contribution in [0, 0.1) is 11.3 Å². The van der Waals surface area contributed by atoms with Gasteiger partial charge in [0.15, 0.2) is 6.61 Å². The second kappa shape index (κ2) is 10.8. The van der Waals surface area contributed by atoms with Gasteiger partial charge in [-0.1, -0.05) is 49.6 Å². The van der Waals surface area contributed by atoms with E-state index >= 15 is 0 Å². The first-order valence-corrected chi connectivity index (χ1v) is 10.1. The smallest absolute Gasteiger partial charge is 0.266 e. The summed E-state index contributed by atoms with van der Waals surface area (Å²) >= 11 is 0. The Morgan fingerprint density at radius 2 is 1.73 bits per heavy atom. The molecule has 6 nitrogen and oxygen atoms in total. The molecule has 154 valence electrons. The lowest BCUT2D eigenvalue weighted by Crippen LogP contribution is -2.38. The molecule has 0 bridgehead atoms. The van der Waals surface area contributed by atoms with Gasteiger partial charge in [-0.25, -0.2) is 0 Å². The van der Waals surface area contributed by atoms with Crippen molar-refractivity contribution < 1.29 is 14.3 Å². The number of amides is 2. The first kappa shape index (κ1) is 21.1. The first-order chi connectivity index (χ1) is 14.6. The number of anilines is 1. The molecule has 1 aliphatic rings. The lowest BCUT2D eigenvalue weighted by molar-refractivity contribution is -0.124. The van der Waals surface area contributed by atoms with E-state index < -0.39 is 5.91 Å². The molecule has 3 rings (SSSR count). The molecule has 0 saturated heterocycles. The van der Waals surface area contributed by atoms with Crippen LogP contribution in [0.1, 0.15) is 37.7 Å². The van der Waals surface area contributed by atoms with Crippen LogP contribution >= 0.6 is 0 Å². The van der Waals surface area contributed by atoms with Crippen LogP contribution in [-0.2, 0) is 9.59 Å². The van der Waals surface area contributed by atoms with Gasteiger partial charge in [-0.2, -0.15) is 5.26 Å². The van der Waals surface area contributed by atoms with E-state index in [4.69, 9.17) is 4.74 Å². The van der Waals surface area contributed by atoms with Crippen LogP contribution in [0.5, 0.6) is 5.75 Å². The predicted molar refractivity (Wildman–Crippen MR) is 116 cm³/mol. The number of hydrogen-bond acceptors (Lipinski definition) is 4. The molecule has 30 heavy (non-hydrogen) atoms. The SMILES string of the molecule is N#C/C(=C\c1ccc(OCC(=O)NC2CCCCC2)cc1)C(=O)Nc1ccccc1. The number of nitrogens with one attached hydrogen (secondary N) is 2. The van der Waals surface area contributed by atoms with E-state index in [1.165, 1.54) is 12.5 Å². The number of carbonyl (C=O) groups excluding carboxylic acids is 2. The fourth-order valence-corrected chi connectivity index (χ4v) is 3.36. The molecule has 2 aromatic rings. The van der Waals surface area contributed by atoms with Gasteiger partial charge in [0.1, 0.15) is 17.4 Å². The van der Waals surface area contributed by atoms with E-state index in [0.717, 1.165) is 25.7 Å². The highest BCUT2D eigenvalue weighted by Gasteiger charge is 2.15. The standard InChI is InChI=1S/C24H25N3O3/c25-16-19(24(29)27-21-9-5-2-6-10-21)15-18-11-13-22(14-12-18)30-17-23(28)26-20-7-3-1-4-8-20/h2,5-6,9-15,20H,1,3-4,7-8,17H2,(H,26,28)(H,27,29)/b19-15+. The largest absolute Gasteiger partial charge is 0.484 e. The average molecular weight is 403 g/mol. The maximum Gasteiger partial charge on any atom is 0.266 e. The normalized spacial score (nSPS) is 14.4. The molecule has 2 N–H and O–H groups in total. The molecule has 0 aromatic heterocycles. The zero-order valence-electron chi connectivity index (χ0n) is 16.8. The summed E-state index contributed by atoms with van der Waals surface area (Å²) in [5.74, 6) is -0.0307. The molecule has 0 heterocycles. The summed E-state index contributed by atoms with van der Waals surface area (Å²) in [4.78, 5) is 24.3. The van der Waals surface area contributed by atoms with Crippen LogP contribution in [0.25, 0.3) is 6.08 Å². The molecule has 1 aliphatic carbocycles. The van der Waals surface area contributed by atoms with Gasteiger partial charge in [0.05, 0.1) is 0 Å². The molecule has 0 radical (unpaired) electrons. The highest BCUT2D eigenvalue weighted by Crippen LogP contribution is 2.18. The topological polar surface area (TPSA) is 91.2 Å². The molecule has 0 spiro atoms. The number of rotatable bonds is 7. The number of hydrogen-bond donors (Lipinski definition) is 2. The Morgan fingerprint density at radius 3 is 2.40 bits per heavy atom. The van der Waals surface area contributed by atoms with E-state index in [9.17, 15) is 14.9 Å². The lowest BCUT2D eigenvalue weighted by atomic mass is 9.95. The van der Waals surface area contributed by atoms with Crippen molar-refractivity contribution in [3.05, 3.63) is 65.7 Å². The van der Waals surface area contributed by atoms with Gasteiger partial charge in [-0.3, -0.25) is 9.59 Å². The third-order valence-corrected chi connectivity index (χ3v) is 4.93. The van der Waals surface area contributed by atoms with Gasteiger partial charge < -0.3 is 15.4 Å². The van der Waals surface area contributed by atoms with Gasteiger partial charge in [-0.15, -0.1) is 0 Å². The zero-order chi connectivity index (χ0) is 21.2. The highest BCUT2D eigenvalue weighted by molar-refractivity contribution is 6.09. The summed E-state index contributed by atoms with van der Waals surface area (Å²) in [5.41, 5.74) is 1.31. The van der Waals surface area contributed by atoms with Crippen molar-refractivity contribution >= 4 is 23.6 Å². The second-order valence-electron chi connectivity index (χ2n) is 7.25. The minimum atomic E-state index is -0.469. The molecular formula is C24H25N3O3. The quantitative estimate of drug-likeness (QED) is 0.539. The van der Waals surface area contributed by atoms with Crippen molar-refractivity contribution in [2.24, 2.45) is 0 Å². The van der Waals surface area contributed by atoms with Crippen molar-refractivity contribution in [2.45, 2.75) is 38.1 Å². The first-order valence-electron chi connectivity index (χ1n) is 10.1. The third-order valence-electron chi connectivity index (χ3n) is 4.93. The van der Waals surface area contributed by atoms with Crippen molar-refractivity contribution in [1.29, 1.82) is 5.26 Å². The van der Waals surface area contributed by atoms with Crippen LogP contribution in [-0.4, -0.2) is 24.5 Å². The molecule has 2 amide bonds. The summed E-state index contributed by atoms with van der Waals surface area (Å²) in [6.07, 6.45) is 7.14. The number of carbonyl (C=O) groups is 2. The zero-order valence-corrected chi connectivity index (χ0v) is 16.8. The summed E-state index contributed by atoms with van der Waals surface area (Å²) in [6.45, 7) is -0.0331. The molecule has 0 atom stereocenters. The van der Waals surface area contributed by atoms with E-state index in [2.05, 4.69) is 10.6 Å². The predicted octanol–water partition coefficient (Wildman–Crippen LogP) is 4.06. The summed E-state index contributed by atoms with van der Waals surface area (Å²) in [6, 6.07) is 18.1. The minimum absolute atomic E-state index is 0.000573. The summed E-state index contributed by atoms with van der Waals surface area (Å²) < 4.78 is 5.55. The third kappa shape index (κ3) is 6.49.